The van der Waals surface area contributed by atoms with Crippen molar-refractivity contribution in [1.82, 2.24) is 0 Å². The molecule has 0 amide bonds. The minimum absolute atomic E-state index is 0.106. The summed E-state index contributed by atoms with van der Waals surface area (Å²) in [7, 11) is -9.93. The Bertz CT molecular complexity index is 2060. The van der Waals surface area contributed by atoms with E-state index >= 15 is 0 Å². The van der Waals surface area contributed by atoms with Gasteiger partial charge in [-0.25, -0.2) is 9.13 Å². The summed E-state index contributed by atoms with van der Waals surface area (Å²) < 4.78 is 69.0. The van der Waals surface area contributed by atoms with Crippen LogP contribution in [0.15, 0.2) is 0 Å². The summed E-state index contributed by atoms with van der Waals surface area (Å²) in [6, 6.07) is 0. The van der Waals surface area contributed by atoms with Gasteiger partial charge in [-0.1, -0.05) is 414 Å². The van der Waals surface area contributed by atoms with E-state index in [-0.39, 0.29) is 25.7 Å². The van der Waals surface area contributed by atoms with E-state index in [0.717, 1.165) is 108 Å². The lowest BCUT2D eigenvalue weighted by molar-refractivity contribution is -0.161. The molecule has 0 aliphatic rings. The molecule has 0 aromatic carbocycles. The second kappa shape index (κ2) is 78.0. The van der Waals surface area contributed by atoms with E-state index < -0.39 is 97.5 Å². The van der Waals surface area contributed by atoms with Gasteiger partial charge in [-0.2, -0.15) is 0 Å². The maximum Gasteiger partial charge on any atom is 0.472 e. The van der Waals surface area contributed by atoms with Gasteiger partial charge in [-0.3, -0.25) is 37.3 Å². The highest BCUT2D eigenvalue weighted by Gasteiger charge is 2.31. The van der Waals surface area contributed by atoms with Crippen molar-refractivity contribution in [2.75, 3.05) is 39.6 Å². The van der Waals surface area contributed by atoms with Gasteiger partial charge < -0.3 is 33.8 Å². The van der Waals surface area contributed by atoms with E-state index in [1.807, 2.05) is 0 Å². The molecule has 0 radical (unpaired) electrons. The van der Waals surface area contributed by atoms with Crippen LogP contribution in [-0.2, 0) is 65.4 Å². The maximum absolute atomic E-state index is 13.2. The monoisotopic (exact) mass is 1560 g/mol. The Morgan fingerprint density at radius 2 is 0.477 bits per heavy atom. The van der Waals surface area contributed by atoms with Crippen LogP contribution in [-0.4, -0.2) is 96.7 Å². The van der Waals surface area contributed by atoms with Crippen LogP contribution in [0, 0.1) is 17.8 Å². The van der Waals surface area contributed by atoms with E-state index in [4.69, 9.17) is 37.0 Å². The SMILES string of the molecule is CCCCCCCCCCCCCCCCCCCCCC(=O)OC[C@H](COP(=O)(O)OC[C@@H](O)COP(=O)(O)OC[C@@H](COC(=O)CCCCCCCCCCCC(C)C)OC(=O)CCCCCCCCCCCCC(C)CC)OC(=O)CCCCCCCCCCCCCCCCCCCCC(C)CC. The number of carbonyl (C=O) groups excluding carboxylic acids is 4. The van der Waals surface area contributed by atoms with Crippen molar-refractivity contribution in [2.45, 2.75) is 484 Å². The van der Waals surface area contributed by atoms with Crippen molar-refractivity contribution in [1.29, 1.82) is 0 Å². The number of phosphoric acid groups is 2. The summed E-state index contributed by atoms with van der Waals surface area (Å²) in [5, 5.41) is 10.7. The number of hydrogen-bond donors (Lipinski definition) is 3. The Morgan fingerprint density at radius 3 is 0.710 bits per heavy atom. The number of aliphatic hydroxyl groups excluding tert-OH is 1. The molecule has 19 heteroatoms. The molecule has 0 fully saturated rings. The number of hydrogen-bond acceptors (Lipinski definition) is 15. The second-order valence-corrected chi connectivity index (χ2v) is 35.5. The van der Waals surface area contributed by atoms with Gasteiger partial charge in [0, 0.05) is 25.7 Å². The van der Waals surface area contributed by atoms with Gasteiger partial charge in [0.15, 0.2) is 12.2 Å². The Kier molecular flexibility index (Phi) is 76.6. The number of rotatable bonds is 86. The highest BCUT2D eigenvalue weighted by molar-refractivity contribution is 7.47. The number of esters is 4. The third-order valence-electron chi connectivity index (χ3n) is 21.4. The fraction of sp³-hybridized carbons (Fsp3) is 0.955. The first kappa shape index (κ1) is 105. The Labute approximate surface area is 658 Å². The zero-order chi connectivity index (χ0) is 78.6. The number of ether oxygens (including phenoxy) is 4. The van der Waals surface area contributed by atoms with E-state index in [2.05, 4.69) is 48.5 Å². The minimum Gasteiger partial charge on any atom is -0.462 e. The highest BCUT2D eigenvalue weighted by Crippen LogP contribution is 2.45. The van der Waals surface area contributed by atoms with Crippen LogP contribution >= 0.6 is 15.6 Å². The van der Waals surface area contributed by atoms with Gasteiger partial charge in [0.2, 0.25) is 0 Å². The predicted molar refractivity (Wildman–Crippen MR) is 441 cm³/mol. The van der Waals surface area contributed by atoms with Gasteiger partial charge in [-0.15, -0.1) is 0 Å². The van der Waals surface area contributed by atoms with Crippen LogP contribution in [0.3, 0.4) is 0 Å². The van der Waals surface area contributed by atoms with Crippen molar-refractivity contribution in [2.24, 2.45) is 17.8 Å². The lowest BCUT2D eigenvalue weighted by atomic mass is 9.99. The average molecular weight is 1560 g/mol. The predicted octanol–water partition coefficient (Wildman–Crippen LogP) is 26.9. The zero-order valence-corrected chi connectivity index (χ0v) is 72.4. The van der Waals surface area contributed by atoms with Crippen LogP contribution in [0.1, 0.15) is 466 Å². The lowest BCUT2D eigenvalue weighted by Crippen LogP contribution is -2.30. The van der Waals surface area contributed by atoms with E-state index in [1.54, 1.807) is 0 Å². The van der Waals surface area contributed by atoms with Crippen molar-refractivity contribution in [3.8, 4) is 0 Å². The summed E-state index contributed by atoms with van der Waals surface area (Å²) in [5.74, 6) is 0.315. The fourth-order valence-corrected chi connectivity index (χ4v) is 15.2. The molecule has 0 saturated carbocycles. The first-order valence-corrected chi connectivity index (χ1v) is 48.4. The zero-order valence-electron chi connectivity index (χ0n) is 70.6. The van der Waals surface area contributed by atoms with Gasteiger partial charge in [0.05, 0.1) is 26.4 Å². The van der Waals surface area contributed by atoms with E-state index in [0.29, 0.717) is 25.7 Å². The first-order chi connectivity index (χ1) is 51.8. The number of phosphoric ester groups is 2. The first-order valence-electron chi connectivity index (χ1n) is 45.4. The Morgan fingerprint density at radius 1 is 0.271 bits per heavy atom. The molecule has 0 saturated heterocycles. The summed E-state index contributed by atoms with van der Waals surface area (Å²) >= 11 is 0. The van der Waals surface area contributed by atoms with Crippen LogP contribution in [0.25, 0.3) is 0 Å². The molecule has 0 heterocycles. The molecular formula is C88H172O17P2. The second-order valence-electron chi connectivity index (χ2n) is 32.6. The molecule has 7 atom stereocenters. The Hall–Kier alpha value is -1.94. The van der Waals surface area contributed by atoms with Gasteiger partial charge in [0.25, 0.3) is 0 Å². The fourth-order valence-electron chi connectivity index (χ4n) is 13.7. The average Bonchev–Trinajstić information content (AvgIpc) is 0.901. The largest absolute Gasteiger partial charge is 0.472 e. The number of aliphatic hydroxyl groups is 1. The molecule has 0 rings (SSSR count). The van der Waals surface area contributed by atoms with Crippen LogP contribution < -0.4 is 0 Å². The van der Waals surface area contributed by atoms with Gasteiger partial charge in [0.1, 0.15) is 19.3 Å². The summed E-state index contributed by atoms with van der Waals surface area (Å²) in [6.45, 7) is 12.1. The van der Waals surface area contributed by atoms with Crippen molar-refractivity contribution >= 4 is 39.5 Å². The van der Waals surface area contributed by atoms with Crippen LogP contribution in [0.2, 0.25) is 0 Å². The van der Waals surface area contributed by atoms with E-state index in [1.165, 1.54) is 276 Å². The lowest BCUT2D eigenvalue weighted by Gasteiger charge is -2.21. The third-order valence-corrected chi connectivity index (χ3v) is 23.3. The summed E-state index contributed by atoms with van der Waals surface area (Å²) in [6.07, 6.45) is 69.4. The smallest absolute Gasteiger partial charge is 0.462 e. The summed E-state index contributed by atoms with van der Waals surface area (Å²) in [4.78, 5) is 73.3. The normalized spacial score (nSPS) is 14.3. The summed E-state index contributed by atoms with van der Waals surface area (Å²) in [5.41, 5.74) is 0. The molecule has 4 unspecified atom stereocenters. The number of unbranched alkanes of at least 4 members (excludes halogenated alkanes) is 52. The van der Waals surface area contributed by atoms with Crippen LogP contribution in [0.4, 0.5) is 0 Å². The van der Waals surface area contributed by atoms with E-state index in [9.17, 15) is 43.2 Å². The third kappa shape index (κ3) is 79.1. The molecule has 0 bridgehead atoms. The minimum atomic E-state index is -4.97. The quantitative estimate of drug-likeness (QED) is 0.0222. The van der Waals surface area contributed by atoms with Crippen molar-refractivity contribution in [3.63, 3.8) is 0 Å². The van der Waals surface area contributed by atoms with Gasteiger partial charge in [-0.05, 0) is 43.4 Å². The molecular weight excluding hydrogens is 1390 g/mol. The highest BCUT2D eigenvalue weighted by atomic mass is 31.2. The topological polar surface area (TPSA) is 237 Å². The van der Waals surface area contributed by atoms with Crippen molar-refractivity contribution < 1.29 is 80.2 Å². The molecule has 3 N–H and O–H groups in total. The molecule has 0 aliphatic heterocycles. The molecule has 0 aliphatic carbocycles. The molecule has 0 aromatic rings. The maximum atomic E-state index is 13.2. The van der Waals surface area contributed by atoms with Gasteiger partial charge >= 0.3 is 39.5 Å². The Balaban J connectivity index is 5.24. The molecule has 0 spiro atoms. The standard InChI is InChI=1S/C88H172O17P2/c1-8-11-12-13-14-15-16-17-18-19-20-24-27-30-33-41-48-55-62-69-85(90)98-75-83(104-87(92)71-64-57-50-42-34-31-28-25-22-21-23-26-29-32-39-46-53-60-67-80(6)9-2)77-102-106(94,95)100-73-82(89)74-101-107(96,97)103-78-84(76-99-86(91)70-63-56-49-44-37-38-45-52-59-66-79(4)5)105-88(93)72-65-58-51-43-36-35-40-47-54-61-68-81(7)10-3/h79-84,89H,8-78H2,1-7H3,(H,94,95)(H,96,97)/t80?,81?,82-,83-,84-/m1/s1. The molecule has 0 aromatic heterocycles. The number of carbonyl (C=O) groups is 4. The molecule has 107 heavy (non-hydrogen) atoms. The molecule has 17 nitrogen and oxygen atoms in total. The van der Waals surface area contributed by atoms with Crippen molar-refractivity contribution in [3.05, 3.63) is 0 Å². The molecule has 636 valence electrons. The van der Waals surface area contributed by atoms with Crippen LogP contribution in [0.5, 0.6) is 0 Å².